The van der Waals surface area contributed by atoms with Crippen LogP contribution in [0.4, 0.5) is 4.79 Å². The Hall–Kier alpha value is -2.28. The number of nitrogens with two attached hydrogens (primary N) is 1. The molecule has 2 rings (SSSR count). The number of benzene rings is 1. The maximum absolute atomic E-state index is 12.3. The van der Waals surface area contributed by atoms with Crippen LogP contribution in [0.25, 0.3) is 0 Å². The summed E-state index contributed by atoms with van der Waals surface area (Å²) in [6.45, 7) is -0.0422. The van der Waals surface area contributed by atoms with E-state index in [2.05, 4.69) is 10.6 Å². The lowest BCUT2D eigenvalue weighted by atomic mass is 9.69. The Morgan fingerprint density at radius 3 is 2.40 bits per heavy atom. The van der Waals surface area contributed by atoms with Crippen molar-refractivity contribution in [3.05, 3.63) is 29.8 Å². The second kappa shape index (κ2) is 8.71. The van der Waals surface area contributed by atoms with E-state index in [0.717, 1.165) is 37.0 Å². The van der Waals surface area contributed by atoms with E-state index in [-0.39, 0.29) is 5.41 Å². The Morgan fingerprint density at radius 2 is 1.88 bits per heavy atom. The number of nitrogens with one attached hydrogen (secondary N) is 2. The summed E-state index contributed by atoms with van der Waals surface area (Å²) in [7, 11) is 1.63. The van der Waals surface area contributed by atoms with Crippen molar-refractivity contribution >= 4 is 11.9 Å². The first kappa shape index (κ1) is 19.1. The van der Waals surface area contributed by atoms with Crippen LogP contribution in [-0.4, -0.2) is 43.3 Å². The monoisotopic (exact) mass is 349 g/mol. The van der Waals surface area contributed by atoms with Gasteiger partial charge in [-0.05, 0) is 30.5 Å². The van der Waals surface area contributed by atoms with Crippen LogP contribution < -0.4 is 21.1 Å². The minimum atomic E-state index is -1.03. The number of urea groups is 1. The van der Waals surface area contributed by atoms with Crippen molar-refractivity contribution in [1.29, 1.82) is 0 Å². The topological polar surface area (TPSA) is 114 Å². The molecule has 138 valence electrons. The number of hydrogen-bond donors (Lipinski definition) is 4. The van der Waals surface area contributed by atoms with Gasteiger partial charge >= 0.3 is 6.03 Å². The van der Waals surface area contributed by atoms with E-state index in [1.165, 1.54) is 6.42 Å². The molecule has 0 aromatic heterocycles. The number of aliphatic hydroxyl groups is 1. The molecule has 5 N–H and O–H groups in total. The number of methoxy groups -OCH3 is 1. The van der Waals surface area contributed by atoms with Gasteiger partial charge in [0.1, 0.15) is 11.8 Å². The minimum absolute atomic E-state index is 0.146. The number of hydrogen-bond acceptors (Lipinski definition) is 4. The van der Waals surface area contributed by atoms with Crippen LogP contribution in [0.15, 0.2) is 24.3 Å². The molecule has 0 bridgehead atoms. The normalized spacial score (nSPS) is 17.4. The van der Waals surface area contributed by atoms with E-state index in [9.17, 15) is 14.7 Å². The van der Waals surface area contributed by atoms with Gasteiger partial charge < -0.3 is 26.2 Å². The zero-order valence-corrected chi connectivity index (χ0v) is 14.6. The zero-order chi connectivity index (χ0) is 18.3. The Morgan fingerprint density at radius 1 is 1.24 bits per heavy atom. The average Bonchev–Trinajstić information content (AvgIpc) is 2.65. The van der Waals surface area contributed by atoms with Crippen molar-refractivity contribution in [2.45, 2.75) is 43.6 Å². The molecular weight excluding hydrogens is 322 g/mol. The molecule has 0 saturated heterocycles. The zero-order valence-electron chi connectivity index (χ0n) is 14.6. The third kappa shape index (κ3) is 4.85. The lowest BCUT2D eigenvalue weighted by Gasteiger charge is -2.38. The Balaban J connectivity index is 2.11. The SMILES string of the molecule is COc1ccc(C2(CNC(=O)C(CO)NC(N)=O)CCCCC2)cc1. The number of aliphatic hydroxyl groups excluding tert-OH is 1. The highest BCUT2D eigenvalue weighted by molar-refractivity contribution is 5.86. The van der Waals surface area contributed by atoms with Crippen molar-refractivity contribution in [3.8, 4) is 5.75 Å². The number of carbonyl (C=O) groups excluding carboxylic acids is 2. The number of amides is 3. The van der Waals surface area contributed by atoms with Crippen LogP contribution in [0.1, 0.15) is 37.7 Å². The average molecular weight is 349 g/mol. The fraction of sp³-hybridized carbons (Fsp3) is 0.556. The summed E-state index contributed by atoms with van der Waals surface area (Å²) in [4.78, 5) is 23.2. The van der Waals surface area contributed by atoms with Crippen LogP contribution in [0.5, 0.6) is 5.75 Å². The van der Waals surface area contributed by atoms with Gasteiger partial charge in [0.15, 0.2) is 0 Å². The van der Waals surface area contributed by atoms with Gasteiger partial charge in [-0.2, -0.15) is 0 Å². The number of primary amides is 1. The van der Waals surface area contributed by atoms with Gasteiger partial charge in [0.2, 0.25) is 5.91 Å². The van der Waals surface area contributed by atoms with Gasteiger partial charge in [-0.3, -0.25) is 4.79 Å². The first-order valence-corrected chi connectivity index (χ1v) is 8.60. The molecule has 7 heteroatoms. The second-order valence-corrected chi connectivity index (χ2v) is 6.53. The van der Waals surface area contributed by atoms with Crippen LogP contribution >= 0.6 is 0 Å². The molecule has 1 atom stereocenters. The van der Waals surface area contributed by atoms with E-state index in [1.54, 1.807) is 7.11 Å². The first-order valence-electron chi connectivity index (χ1n) is 8.60. The van der Waals surface area contributed by atoms with Crippen molar-refractivity contribution in [3.63, 3.8) is 0 Å². The molecule has 1 aliphatic carbocycles. The van der Waals surface area contributed by atoms with Gasteiger partial charge in [-0.1, -0.05) is 31.4 Å². The number of rotatable bonds is 7. The summed E-state index contributed by atoms with van der Waals surface area (Å²) in [6, 6.07) is 6.08. The van der Waals surface area contributed by atoms with Gasteiger partial charge in [-0.15, -0.1) is 0 Å². The summed E-state index contributed by atoms with van der Waals surface area (Å²) in [5, 5.41) is 14.4. The molecule has 3 amide bonds. The largest absolute Gasteiger partial charge is 0.497 e. The van der Waals surface area contributed by atoms with Crippen molar-refractivity contribution in [2.75, 3.05) is 20.3 Å². The molecule has 1 saturated carbocycles. The standard InChI is InChI=1S/C18H27N3O4/c1-25-14-7-5-13(6-8-14)18(9-3-2-4-10-18)12-20-16(23)15(11-22)21-17(19)24/h5-8,15,22H,2-4,9-12H2,1H3,(H,20,23)(H3,19,21,24). The highest BCUT2D eigenvalue weighted by atomic mass is 16.5. The third-order valence-corrected chi connectivity index (χ3v) is 4.93. The summed E-state index contributed by atoms with van der Waals surface area (Å²) in [5.74, 6) is 0.365. The maximum Gasteiger partial charge on any atom is 0.312 e. The predicted octanol–water partition coefficient (Wildman–Crippen LogP) is 1.04. The molecule has 1 aliphatic rings. The summed E-state index contributed by atoms with van der Waals surface area (Å²) in [6.07, 6.45) is 5.35. The fourth-order valence-corrected chi connectivity index (χ4v) is 3.49. The summed E-state index contributed by atoms with van der Waals surface area (Å²) >= 11 is 0. The first-order chi connectivity index (χ1) is 12.0. The lowest BCUT2D eigenvalue weighted by Crippen LogP contribution is -2.53. The van der Waals surface area contributed by atoms with Gasteiger partial charge in [-0.25, -0.2) is 4.79 Å². The second-order valence-electron chi connectivity index (χ2n) is 6.53. The molecule has 1 unspecified atom stereocenters. The number of carbonyl (C=O) groups is 2. The molecule has 0 radical (unpaired) electrons. The van der Waals surface area contributed by atoms with E-state index < -0.39 is 24.6 Å². The molecule has 25 heavy (non-hydrogen) atoms. The van der Waals surface area contributed by atoms with Crippen LogP contribution in [0.2, 0.25) is 0 Å². The maximum atomic E-state index is 12.3. The molecule has 0 spiro atoms. The summed E-state index contributed by atoms with van der Waals surface area (Å²) < 4.78 is 5.22. The molecular formula is C18H27N3O4. The molecule has 1 aromatic carbocycles. The van der Waals surface area contributed by atoms with Crippen molar-refractivity contribution < 1.29 is 19.4 Å². The highest BCUT2D eigenvalue weighted by Crippen LogP contribution is 2.39. The van der Waals surface area contributed by atoms with E-state index in [4.69, 9.17) is 10.5 Å². The predicted molar refractivity (Wildman–Crippen MR) is 94.4 cm³/mol. The van der Waals surface area contributed by atoms with Crippen LogP contribution in [0.3, 0.4) is 0 Å². The van der Waals surface area contributed by atoms with Gasteiger partial charge in [0.05, 0.1) is 13.7 Å². The molecule has 0 aliphatic heterocycles. The Kier molecular flexibility index (Phi) is 6.64. The third-order valence-electron chi connectivity index (χ3n) is 4.93. The summed E-state index contributed by atoms with van der Waals surface area (Å²) in [5.41, 5.74) is 6.05. The fourth-order valence-electron chi connectivity index (χ4n) is 3.49. The molecule has 1 fully saturated rings. The lowest BCUT2D eigenvalue weighted by molar-refractivity contribution is -0.124. The Bertz CT molecular complexity index is 582. The van der Waals surface area contributed by atoms with Gasteiger partial charge in [0, 0.05) is 12.0 Å². The quantitative estimate of drug-likeness (QED) is 0.589. The minimum Gasteiger partial charge on any atom is -0.497 e. The van der Waals surface area contributed by atoms with E-state index in [0.29, 0.717) is 6.54 Å². The smallest absolute Gasteiger partial charge is 0.312 e. The number of ether oxygens (including phenoxy) is 1. The van der Waals surface area contributed by atoms with Crippen LogP contribution in [0, 0.1) is 0 Å². The molecule has 1 aromatic rings. The molecule has 0 heterocycles. The Labute approximate surface area is 147 Å². The van der Waals surface area contributed by atoms with Crippen molar-refractivity contribution in [2.24, 2.45) is 5.73 Å². The molecule has 7 nitrogen and oxygen atoms in total. The van der Waals surface area contributed by atoms with Crippen LogP contribution in [-0.2, 0) is 10.2 Å². The van der Waals surface area contributed by atoms with Gasteiger partial charge in [0.25, 0.3) is 0 Å². The van der Waals surface area contributed by atoms with E-state index in [1.807, 2.05) is 24.3 Å². The van der Waals surface area contributed by atoms with Crippen molar-refractivity contribution in [1.82, 2.24) is 10.6 Å². The highest BCUT2D eigenvalue weighted by Gasteiger charge is 2.35. The van der Waals surface area contributed by atoms with E-state index >= 15 is 0 Å².